The van der Waals surface area contributed by atoms with Crippen molar-refractivity contribution in [2.24, 2.45) is 5.92 Å². The van der Waals surface area contributed by atoms with Crippen molar-refractivity contribution < 1.29 is 13.2 Å². The fourth-order valence-electron chi connectivity index (χ4n) is 2.63. The molecule has 1 aliphatic carbocycles. The van der Waals surface area contributed by atoms with Gasteiger partial charge in [-0.1, -0.05) is 19.3 Å². The minimum absolute atomic E-state index is 0.167. The van der Waals surface area contributed by atoms with Crippen molar-refractivity contribution in [3.05, 3.63) is 18.0 Å². The number of aromatic nitrogens is 2. The Morgan fingerprint density at radius 3 is 2.50 bits per heavy atom. The van der Waals surface area contributed by atoms with E-state index in [0.717, 1.165) is 23.9 Å². The first-order valence-electron chi connectivity index (χ1n) is 6.03. The molecule has 6 heteroatoms. The van der Waals surface area contributed by atoms with Gasteiger partial charge in [-0.3, -0.25) is 4.68 Å². The summed E-state index contributed by atoms with van der Waals surface area (Å²) in [6.07, 6.45) is 1.88. The fourth-order valence-corrected chi connectivity index (χ4v) is 2.63. The van der Waals surface area contributed by atoms with Crippen LogP contribution < -0.4 is 0 Å². The van der Waals surface area contributed by atoms with Gasteiger partial charge in [-0.2, -0.15) is 23.5 Å². The molecule has 1 fully saturated rings. The van der Waals surface area contributed by atoms with Gasteiger partial charge in [0.2, 0.25) is 0 Å². The second-order valence-electron chi connectivity index (χ2n) is 4.71. The van der Waals surface area contributed by atoms with E-state index in [1.54, 1.807) is 6.07 Å². The van der Waals surface area contributed by atoms with Crippen LogP contribution in [0.1, 0.15) is 43.7 Å². The molecule has 1 atom stereocenters. The summed E-state index contributed by atoms with van der Waals surface area (Å²) in [5.74, 6) is -0.426. The predicted octanol–water partition coefficient (Wildman–Crippen LogP) is 3.44. The summed E-state index contributed by atoms with van der Waals surface area (Å²) >= 11 is 0. The van der Waals surface area contributed by atoms with E-state index in [-0.39, 0.29) is 5.56 Å². The number of rotatable bonds is 2. The van der Waals surface area contributed by atoms with Crippen LogP contribution in [-0.4, -0.2) is 16.0 Å². The Hall–Kier alpha value is -1.51. The van der Waals surface area contributed by atoms with Crippen LogP contribution in [0.4, 0.5) is 13.2 Å². The lowest BCUT2D eigenvalue weighted by atomic mass is 9.83. The Balaban J connectivity index is 2.27. The lowest BCUT2D eigenvalue weighted by molar-refractivity contribution is -0.186. The van der Waals surface area contributed by atoms with Gasteiger partial charge >= 0.3 is 6.18 Å². The molecule has 1 aromatic heterocycles. The Morgan fingerprint density at radius 1 is 1.33 bits per heavy atom. The molecular formula is C12H14F3N3. The summed E-state index contributed by atoms with van der Waals surface area (Å²) < 4.78 is 40.4. The summed E-state index contributed by atoms with van der Waals surface area (Å²) in [6.45, 7) is 0. The zero-order chi connectivity index (χ0) is 13.2. The quantitative estimate of drug-likeness (QED) is 0.814. The standard InChI is InChI=1S/C12H14F3N3/c13-12(14,15)11(10-4-2-1-3-5-10)18-8-9(6-16)7-17-18/h7-8,10-11H,1-5H2. The second-order valence-corrected chi connectivity index (χ2v) is 4.71. The lowest BCUT2D eigenvalue weighted by Crippen LogP contribution is -2.34. The van der Waals surface area contributed by atoms with E-state index in [2.05, 4.69) is 5.10 Å². The highest BCUT2D eigenvalue weighted by molar-refractivity contribution is 5.22. The van der Waals surface area contributed by atoms with Gasteiger partial charge in [0.05, 0.1) is 11.8 Å². The molecule has 1 aromatic rings. The van der Waals surface area contributed by atoms with Crippen molar-refractivity contribution in [3.8, 4) is 6.07 Å². The number of alkyl halides is 3. The molecule has 18 heavy (non-hydrogen) atoms. The zero-order valence-electron chi connectivity index (χ0n) is 9.82. The monoisotopic (exact) mass is 257 g/mol. The van der Waals surface area contributed by atoms with Gasteiger partial charge in [0.15, 0.2) is 6.04 Å². The second kappa shape index (κ2) is 5.01. The minimum atomic E-state index is -4.32. The number of nitriles is 1. The Labute approximate surface area is 103 Å². The summed E-state index contributed by atoms with van der Waals surface area (Å²) in [6, 6.07) is 0.209. The van der Waals surface area contributed by atoms with Crippen molar-refractivity contribution in [2.75, 3.05) is 0 Å². The van der Waals surface area contributed by atoms with Crippen LogP contribution in [0.5, 0.6) is 0 Å². The van der Waals surface area contributed by atoms with Crippen LogP contribution in [0.2, 0.25) is 0 Å². The number of nitrogens with zero attached hydrogens (tertiary/aromatic N) is 3. The maximum Gasteiger partial charge on any atom is 0.411 e. The van der Waals surface area contributed by atoms with E-state index in [0.29, 0.717) is 12.8 Å². The smallest absolute Gasteiger partial charge is 0.259 e. The molecule has 0 aliphatic heterocycles. The molecule has 98 valence electrons. The van der Waals surface area contributed by atoms with Gasteiger partial charge in [0.1, 0.15) is 6.07 Å². The van der Waals surface area contributed by atoms with Crippen LogP contribution in [0, 0.1) is 17.2 Å². The van der Waals surface area contributed by atoms with Gasteiger partial charge in [0, 0.05) is 6.20 Å². The first-order valence-corrected chi connectivity index (χ1v) is 6.03. The van der Waals surface area contributed by atoms with Crippen molar-refractivity contribution in [1.29, 1.82) is 5.26 Å². The third-order valence-corrected chi connectivity index (χ3v) is 3.45. The molecule has 0 bridgehead atoms. The van der Waals surface area contributed by atoms with Crippen LogP contribution in [0.15, 0.2) is 12.4 Å². The zero-order valence-corrected chi connectivity index (χ0v) is 9.82. The highest BCUT2D eigenvalue weighted by atomic mass is 19.4. The van der Waals surface area contributed by atoms with Gasteiger partial charge in [0.25, 0.3) is 0 Å². The largest absolute Gasteiger partial charge is 0.411 e. The van der Waals surface area contributed by atoms with Crippen LogP contribution >= 0.6 is 0 Å². The average molecular weight is 257 g/mol. The fraction of sp³-hybridized carbons (Fsp3) is 0.667. The normalized spacial score (nSPS) is 19.4. The molecule has 0 amide bonds. The molecule has 1 heterocycles. The highest BCUT2D eigenvalue weighted by Crippen LogP contribution is 2.42. The van der Waals surface area contributed by atoms with Crippen LogP contribution in [0.3, 0.4) is 0 Å². The Morgan fingerprint density at radius 2 is 2.00 bits per heavy atom. The predicted molar refractivity (Wildman–Crippen MR) is 58.6 cm³/mol. The molecule has 0 radical (unpaired) electrons. The number of hydrogen-bond donors (Lipinski definition) is 0. The van der Waals surface area contributed by atoms with Crippen molar-refractivity contribution in [3.63, 3.8) is 0 Å². The Kier molecular flexibility index (Phi) is 3.60. The van der Waals surface area contributed by atoms with Crippen molar-refractivity contribution >= 4 is 0 Å². The summed E-state index contributed by atoms with van der Waals surface area (Å²) in [5, 5.41) is 12.4. The Bertz CT molecular complexity index is 438. The van der Waals surface area contributed by atoms with E-state index >= 15 is 0 Å². The third-order valence-electron chi connectivity index (χ3n) is 3.45. The molecular weight excluding hydrogens is 243 g/mol. The summed E-state index contributed by atoms with van der Waals surface area (Å²) in [7, 11) is 0. The van der Waals surface area contributed by atoms with Gasteiger partial charge in [-0.15, -0.1) is 0 Å². The molecule has 0 spiro atoms. The summed E-state index contributed by atoms with van der Waals surface area (Å²) in [4.78, 5) is 0. The SMILES string of the molecule is N#Cc1cnn(C(C2CCCCC2)C(F)(F)F)c1. The van der Waals surface area contributed by atoms with E-state index in [1.807, 2.05) is 0 Å². The van der Waals surface area contributed by atoms with Crippen LogP contribution in [0.25, 0.3) is 0 Å². The van der Waals surface area contributed by atoms with E-state index in [9.17, 15) is 13.2 Å². The van der Waals surface area contributed by atoms with E-state index in [1.165, 1.54) is 12.4 Å². The van der Waals surface area contributed by atoms with Gasteiger partial charge in [-0.25, -0.2) is 0 Å². The molecule has 1 aliphatic rings. The third kappa shape index (κ3) is 2.66. The lowest BCUT2D eigenvalue weighted by Gasteiger charge is -2.31. The molecule has 1 unspecified atom stereocenters. The first kappa shape index (κ1) is 12.9. The maximum atomic E-state index is 13.2. The van der Waals surface area contributed by atoms with Crippen molar-refractivity contribution in [1.82, 2.24) is 9.78 Å². The minimum Gasteiger partial charge on any atom is -0.259 e. The van der Waals surface area contributed by atoms with Crippen LogP contribution in [-0.2, 0) is 0 Å². The number of hydrogen-bond acceptors (Lipinski definition) is 2. The molecule has 0 saturated heterocycles. The number of halogens is 3. The van der Waals surface area contributed by atoms with Gasteiger partial charge < -0.3 is 0 Å². The average Bonchev–Trinajstić information content (AvgIpc) is 2.77. The topological polar surface area (TPSA) is 41.6 Å². The maximum absolute atomic E-state index is 13.2. The van der Waals surface area contributed by atoms with Gasteiger partial charge in [-0.05, 0) is 18.8 Å². The molecule has 3 nitrogen and oxygen atoms in total. The summed E-state index contributed by atoms with van der Waals surface area (Å²) in [5.41, 5.74) is 0.167. The molecule has 0 N–H and O–H groups in total. The van der Waals surface area contributed by atoms with E-state index < -0.39 is 18.1 Å². The van der Waals surface area contributed by atoms with Crippen molar-refractivity contribution in [2.45, 2.75) is 44.3 Å². The van der Waals surface area contributed by atoms with E-state index in [4.69, 9.17) is 5.26 Å². The highest BCUT2D eigenvalue weighted by Gasteiger charge is 2.46. The molecule has 2 rings (SSSR count). The first-order chi connectivity index (χ1) is 8.52. The molecule has 1 saturated carbocycles. The molecule has 0 aromatic carbocycles.